The van der Waals surface area contributed by atoms with Gasteiger partial charge < -0.3 is 0 Å². The van der Waals surface area contributed by atoms with Gasteiger partial charge in [-0.2, -0.15) is 0 Å². The van der Waals surface area contributed by atoms with Gasteiger partial charge in [-0.05, 0) is 6.07 Å². The summed E-state index contributed by atoms with van der Waals surface area (Å²) in [4.78, 5) is 13.8. The van der Waals surface area contributed by atoms with Crippen molar-refractivity contribution in [2.45, 2.75) is 0 Å². The number of rotatable bonds is 1. The maximum absolute atomic E-state index is 10.4. The van der Waals surface area contributed by atoms with E-state index in [9.17, 15) is 10.1 Å². The van der Waals surface area contributed by atoms with Crippen LogP contribution in [-0.4, -0.2) is 9.91 Å². The Balaban J connectivity index is 2.69. The number of benzene rings is 1. The van der Waals surface area contributed by atoms with E-state index in [1.54, 1.807) is 18.2 Å². The van der Waals surface area contributed by atoms with Gasteiger partial charge in [-0.1, -0.05) is 18.2 Å². The summed E-state index contributed by atoms with van der Waals surface area (Å²) >= 11 is 0. The van der Waals surface area contributed by atoms with E-state index in [4.69, 9.17) is 0 Å². The van der Waals surface area contributed by atoms with Crippen LogP contribution in [0.2, 0.25) is 0 Å². The normalized spacial score (nSPS) is 10.2. The van der Waals surface area contributed by atoms with E-state index in [-0.39, 0.29) is 5.69 Å². The molecule has 0 amide bonds. The summed E-state index contributed by atoms with van der Waals surface area (Å²) in [5, 5.41) is 11.0. The molecule has 1 radical (unpaired) electrons. The van der Waals surface area contributed by atoms with Crippen LogP contribution in [0.15, 0.2) is 30.5 Å². The standard InChI is InChI=1S/C9H5N2O2/c12-11(13)8-5-7-3-1-2-4-9(7)10-6-8/h1-4,6H. The van der Waals surface area contributed by atoms with Crippen molar-refractivity contribution in [2.24, 2.45) is 0 Å². The van der Waals surface area contributed by atoms with Crippen LogP contribution in [0, 0.1) is 16.2 Å². The number of hydrogen-bond donors (Lipinski definition) is 0. The molecule has 0 saturated carbocycles. The molecule has 0 spiro atoms. The number of nitrogens with zero attached hydrogens (tertiary/aromatic N) is 2. The highest BCUT2D eigenvalue weighted by Gasteiger charge is 2.06. The Bertz CT molecular complexity index is 468. The fraction of sp³-hybridized carbons (Fsp3) is 0. The predicted molar refractivity (Wildman–Crippen MR) is 47.2 cm³/mol. The van der Waals surface area contributed by atoms with Gasteiger partial charge in [0.2, 0.25) is 0 Å². The summed E-state index contributed by atoms with van der Waals surface area (Å²) in [5.41, 5.74) is 0.617. The summed E-state index contributed by atoms with van der Waals surface area (Å²) < 4.78 is 0. The minimum atomic E-state index is -0.501. The SMILES string of the molecule is O=[N+]([O-])c1[c]c2ccccc2nc1. The zero-order valence-corrected chi connectivity index (χ0v) is 6.60. The molecule has 1 aromatic heterocycles. The van der Waals surface area contributed by atoms with E-state index in [0.29, 0.717) is 10.9 Å². The molecule has 2 rings (SSSR count). The lowest BCUT2D eigenvalue weighted by Gasteiger charge is -1.94. The number of fused-ring (bicyclic) bond motifs is 1. The van der Waals surface area contributed by atoms with E-state index in [1.165, 1.54) is 6.20 Å². The van der Waals surface area contributed by atoms with Gasteiger partial charge >= 0.3 is 0 Å². The summed E-state index contributed by atoms with van der Waals surface area (Å²) in [7, 11) is 0. The molecule has 0 aliphatic carbocycles. The van der Waals surface area contributed by atoms with Gasteiger partial charge in [0.05, 0.1) is 16.5 Å². The fourth-order valence-electron chi connectivity index (χ4n) is 1.09. The third-order valence-electron chi connectivity index (χ3n) is 1.69. The van der Waals surface area contributed by atoms with Crippen molar-refractivity contribution in [3.63, 3.8) is 0 Å². The molecule has 13 heavy (non-hydrogen) atoms. The average Bonchev–Trinajstić information content (AvgIpc) is 2.17. The minimum absolute atomic E-state index is 0.0984. The topological polar surface area (TPSA) is 56.0 Å². The smallest absolute Gasteiger partial charge is 0.258 e. The van der Waals surface area contributed by atoms with Crippen LogP contribution in [0.5, 0.6) is 0 Å². The summed E-state index contributed by atoms with van der Waals surface area (Å²) in [6.45, 7) is 0. The zero-order chi connectivity index (χ0) is 9.26. The lowest BCUT2D eigenvalue weighted by Crippen LogP contribution is -1.89. The van der Waals surface area contributed by atoms with Gasteiger partial charge in [-0.25, -0.2) is 4.98 Å². The first-order valence-corrected chi connectivity index (χ1v) is 3.69. The average molecular weight is 173 g/mol. The van der Waals surface area contributed by atoms with Crippen molar-refractivity contribution >= 4 is 16.6 Å². The molecule has 4 nitrogen and oxygen atoms in total. The Hall–Kier alpha value is -1.97. The second kappa shape index (κ2) is 2.82. The Kier molecular flexibility index (Phi) is 1.66. The van der Waals surface area contributed by atoms with Crippen LogP contribution in [0.3, 0.4) is 0 Å². The van der Waals surface area contributed by atoms with Crippen LogP contribution in [0.25, 0.3) is 10.9 Å². The molecule has 0 saturated heterocycles. The van der Waals surface area contributed by atoms with Gasteiger partial charge in [0, 0.05) is 5.39 Å². The number of para-hydroxylation sites is 1. The Labute approximate surface area is 74.0 Å². The summed E-state index contributed by atoms with van der Waals surface area (Å²) in [6, 6.07) is 9.82. The number of hydrogen-bond acceptors (Lipinski definition) is 3. The Morgan fingerprint density at radius 3 is 2.92 bits per heavy atom. The third kappa shape index (κ3) is 1.33. The first kappa shape index (κ1) is 7.67. The molecule has 1 heterocycles. The van der Waals surface area contributed by atoms with Crippen LogP contribution in [0.4, 0.5) is 5.69 Å². The summed E-state index contributed by atoms with van der Waals surface area (Å²) in [6.07, 6.45) is 1.21. The molecule has 0 N–H and O–H groups in total. The van der Waals surface area contributed by atoms with E-state index < -0.39 is 4.92 Å². The molecular formula is C9H5N2O2. The van der Waals surface area contributed by atoms with Crippen molar-refractivity contribution in [3.05, 3.63) is 46.6 Å². The molecule has 0 bridgehead atoms. The van der Waals surface area contributed by atoms with Gasteiger partial charge in [-0.3, -0.25) is 10.1 Å². The van der Waals surface area contributed by atoms with Gasteiger partial charge in [0.15, 0.2) is 0 Å². The molecule has 0 fully saturated rings. The van der Waals surface area contributed by atoms with Crippen molar-refractivity contribution in [2.75, 3.05) is 0 Å². The Morgan fingerprint density at radius 1 is 1.38 bits per heavy atom. The predicted octanol–water partition coefficient (Wildman–Crippen LogP) is 1.94. The van der Waals surface area contributed by atoms with E-state index >= 15 is 0 Å². The first-order chi connectivity index (χ1) is 6.27. The second-order valence-corrected chi connectivity index (χ2v) is 2.54. The van der Waals surface area contributed by atoms with Crippen LogP contribution < -0.4 is 0 Å². The van der Waals surface area contributed by atoms with Crippen molar-refractivity contribution in [3.8, 4) is 0 Å². The molecule has 2 aromatic rings. The van der Waals surface area contributed by atoms with Gasteiger partial charge in [0.1, 0.15) is 6.20 Å². The maximum atomic E-state index is 10.4. The molecule has 1 aromatic carbocycles. The highest BCUT2D eigenvalue weighted by molar-refractivity contribution is 5.79. The van der Waals surface area contributed by atoms with Crippen LogP contribution >= 0.6 is 0 Å². The molecule has 4 heteroatoms. The molecular weight excluding hydrogens is 168 g/mol. The van der Waals surface area contributed by atoms with E-state index in [2.05, 4.69) is 11.1 Å². The first-order valence-electron chi connectivity index (χ1n) is 3.69. The maximum Gasteiger partial charge on any atom is 0.296 e. The molecule has 63 valence electrons. The van der Waals surface area contributed by atoms with Crippen LogP contribution in [-0.2, 0) is 0 Å². The number of aromatic nitrogens is 1. The summed E-state index contributed by atoms with van der Waals surface area (Å²) in [5.74, 6) is 0. The third-order valence-corrected chi connectivity index (χ3v) is 1.69. The number of pyridine rings is 1. The largest absolute Gasteiger partial charge is 0.296 e. The molecule has 0 atom stereocenters. The van der Waals surface area contributed by atoms with E-state index in [1.807, 2.05) is 6.07 Å². The lowest BCUT2D eigenvalue weighted by molar-refractivity contribution is -0.385. The number of nitro groups is 1. The van der Waals surface area contributed by atoms with E-state index in [0.717, 1.165) is 0 Å². The molecule has 0 aliphatic heterocycles. The van der Waals surface area contributed by atoms with Crippen molar-refractivity contribution in [1.29, 1.82) is 0 Å². The highest BCUT2D eigenvalue weighted by atomic mass is 16.6. The van der Waals surface area contributed by atoms with Gasteiger partial charge in [-0.15, -0.1) is 0 Å². The second-order valence-electron chi connectivity index (χ2n) is 2.54. The fourth-order valence-corrected chi connectivity index (χ4v) is 1.09. The quantitative estimate of drug-likeness (QED) is 0.489. The molecule has 0 aliphatic rings. The van der Waals surface area contributed by atoms with Crippen LogP contribution in [0.1, 0.15) is 0 Å². The van der Waals surface area contributed by atoms with Crippen molar-refractivity contribution in [1.82, 2.24) is 4.98 Å². The highest BCUT2D eigenvalue weighted by Crippen LogP contribution is 2.16. The Morgan fingerprint density at radius 2 is 2.15 bits per heavy atom. The monoisotopic (exact) mass is 173 g/mol. The lowest BCUT2D eigenvalue weighted by atomic mass is 10.2. The zero-order valence-electron chi connectivity index (χ0n) is 6.60. The van der Waals surface area contributed by atoms with Gasteiger partial charge in [0.25, 0.3) is 5.69 Å². The van der Waals surface area contributed by atoms with Crippen molar-refractivity contribution < 1.29 is 4.92 Å². The molecule has 0 unspecified atom stereocenters. The minimum Gasteiger partial charge on any atom is -0.258 e.